The fourth-order valence-corrected chi connectivity index (χ4v) is 3.66. The minimum atomic E-state index is 0.529. The minimum absolute atomic E-state index is 0.529. The number of nitrogens with zero attached hydrogens (tertiary/aromatic N) is 5. The maximum Gasteiger partial charge on any atom is 0.218 e. The SMILES string of the molecule is COc1cc(N(C2CC2)C2CCN(Cc3ncoc3C)CC2)ncn1. The van der Waals surface area contributed by atoms with E-state index in [1.54, 1.807) is 13.4 Å². The highest BCUT2D eigenvalue weighted by molar-refractivity contribution is 5.45. The molecule has 3 heterocycles. The molecule has 2 aromatic rings. The largest absolute Gasteiger partial charge is 0.481 e. The molecule has 0 bridgehead atoms. The van der Waals surface area contributed by atoms with Gasteiger partial charge in [-0.3, -0.25) is 4.90 Å². The molecule has 25 heavy (non-hydrogen) atoms. The van der Waals surface area contributed by atoms with Crippen molar-refractivity contribution in [2.24, 2.45) is 0 Å². The number of rotatable bonds is 6. The van der Waals surface area contributed by atoms with Crippen molar-refractivity contribution in [1.82, 2.24) is 19.9 Å². The number of piperidine rings is 1. The van der Waals surface area contributed by atoms with Crippen molar-refractivity contribution < 1.29 is 9.15 Å². The highest BCUT2D eigenvalue weighted by Gasteiger charge is 2.36. The smallest absolute Gasteiger partial charge is 0.218 e. The van der Waals surface area contributed by atoms with E-state index in [0.29, 0.717) is 18.0 Å². The summed E-state index contributed by atoms with van der Waals surface area (Å²) in [4.78, 5) is 17.9. The third kappa shape index (κ3) is 3.61. The molecule has 0 spiro atoms. The van der Waals surface area contributed by atoms with Crippen LogP contribution in [-0.4, -0.2) is 52.1 Å². The molecule has 7 nitrogen and oxygen atoms in total. The van der Waals surface area contributed by atoms with E-state index in [9.17, 15) is 0 Å². The molecule has 134 valence electrons. The van der Waals surface area contributed by atoms with Gasteiger partial charge in [-0.25, -0.2) is 15.0 Å². The third-order valence-corrected chi connectivity index (χ3v) is 5.21. The van der Waals surface area contributed by atoms with E-state index >= 15 is 0 Å². The van der Waals surface area contributed by atoms with Crippen LogP contribution in [0, 0.1) is 6.92 Å². The first-order valence-electron chi connectivity index (χ1n) is 9.00. The van der Waals surface area contributed by atoms with Crippen molar-refractivity contribution in [2.45, 2.75) is 51.2 Å². The summed E-state index contributed by atoms with van der Waals surface area (Å²) in [6, 6.07) is 3.11. The van der Waals surface area contributed by atoms with Crippen molar-refractivity contribution in [3.05, 3.63) is 30.2 Å². The van der Waals surface area contributed by atoms with Gasteiger partial charge in [0.15, 0.2) is 6.39 Å². The molecule has 1 saturated carbocycles. The monoisotopic (exact) mass is 343 g/mol. The number of likely N-dealkylation sites (tertiary alicyclic amines) is 1. The first-order chi connectivity index (χ1) is 12.2. The molecule has 0 N–H and O–H groups in total. The van der Waals surface area contributed by atoms with Gasteiger partial charge in [0, 0.05) is 37.8 Å². The van der Waals surface area contributed by atoms with Crippen molar-refractivity contribution in [3.63, 3.8) is 0 Å². The highest BCUT2D eigenvalue weighted by Crippen LogP contribution is 2.36. The molecule has 2 fully saturated rings. The number of aryl methyl sites for hydroxylation is 1. The first kappa shape index (κ1) is 16.3. The Morgan fingerprint density at radius 2 is 1.92 bits per heavy atom. The molecule has 0 aromatic carbocycles. The van der Waals surface area contributed by atoms with Crippen molar-refractivity contribution in [1.29, 1.82) is 0 Å². The number of hydrogen-bond acceptors (Lipinski definition) is 7. The van der Waals surface area contributed by atoms with Gasteiger partial charge >= 0.3 is 0 Å². The predicted molar refractivity (Wildman–Crippen MR) is 93.6 cm³/mol. The van der Waals surface area contributed by atoms with E-state index in [4.69, 9.17) is 9.15 Å². The molecule has 0 atom stereocenters. The van der Waals surface area contributed by atoms with Crippen LogP contribution in [0.4, 0.5) is 5.82 Å². The molecular weight excluding hydrogens is 318 g/mol. The van der Waals surface area contributed by atoms with Gasteiger partial charge in [-0.05, 0) is 32.6 Å². The van der Waals surface area contributed by atoms with Crippen LogP contribution in [0.5, 0.6) is 5.88 Å². The lowest BCUT2D eigenvalue weighted by molar-refractivity contribution is 0.198. The number of anilines is 1. The average molecular weight is 343 g/mol. The molecule has 1 aliphatic heterocycles. The first-order valence-corrected chi connectivity index (χ1v) is 9.00. The average Bonchev–Trinajstić information content (AvgIpc) is 3.40. The van der Waals surface area contributed by atoms with Crippen molar-refractivity contribution in [2.75, 3.05) is 25.1 Å². The lowest BCUT2D eigenvalue weighted by atomic mass is 10.0. The summed E-state index contributed by atoms with van der Waals surface area (Å²) in [5, 5.41) is 0. The van der Waals surface area contributed by atoms with Crippen molar-refractivity contribution >= 4 is 5.82 Å². The number of ether oxygens (including phenoxy) is 1. The van der Waals surface area contributed by atoms with Crippen LogP contribution < -0.4 is 9.64 Å². The summed E-state index contributed by atoms with van der Waals surface area (Å²) in [6.45, 7) is 5.00. The van der Waals surface area contributed by atoms with Crippen LogP contribution in [0.1, 0.15) is 37.1 Å². The summed E-state index contributed by atoms with van der Waals surface area (Å²) in [5.41, 5.74) is 1.05. The van der Waals surface area contributed by atoms with E-state index in [1.807, 2.05) is 13.0 Å². The predicted octanol–water partition coefficient (Wildman–Crippen LogP) is 2.42. The summed E-state index contributed by atoms with van der Waals surface area (Å²) in [7, 11) is 1.65. The van der Waals surface area contributed by atoms with Crippen LogP contribution in [0.25, 0.3) is 0 Å². The van der Waals surface area contributed by atoms with Gasteiger partial charge in [0.25, 0.3) is 0 Å². The second-order valence-corrected chi connectivity index (χ2v) is 6.92. The quantitative estimate of drug-likeness (QED) is 0.798. The van der Waals surface area contributed by atoms with E-state index < -0.39 is 0 Å². The Morgan fingerprint density at radius 3 is 2.56 bits per heavy atom. The second-order valence-electron chi connectivity index (χ2n) is 6.92. The summed E-state index contributed by atoms with van der Waals surface area (Å²) < 4.78 is 10.6. The minimum Gasteiger partial charge on any atom is -0.481 e. The van der Waals surface area contributed by atoms with E-state index in [0.717, 1.165) is 49.7 Å². The van der Waals surface area contributed by atoms with Crippen LogP contribution in [0.2, 0.25) is 0 Å². The summed E-state index contributed by atoms with van der Waals surface area (Å²) >= 11 is 0. The Labute approximate surface area is 148 Å². The van der Waals surface area contributed by atoms with Crippen LogP contribution in [-0.2, 0) is 6.54 Å². The molecule has 0 unspecified atom stereocenters. The Kier molecular flexibility index (Phi) is 4.57. The maximum absolute atomic E-state index is 5.31. The lowest BCUT2D eigenvalue weighted by Gasteiger charge is -2.39. The molecule has 1 aliphatic carbocycles. The van der Waals surface area contributed by atoms with E-state index in [1.165, 1.54) is 19.2 Å². The standard InChI is InChI=1S/C18H25N5O2/c1-13-16(21-12-25-13)10-22-7-5-15(6-8-22)23(14-3-4-14)17-9-18(24-2)20-11-19-17/h9,11-12,14-15H,3-8,10H2,1-2H3. The third-order valence-electron chi connectivity index (χ3n) is 5.21. The molecule has 0 radical (unpaired) electrons. The maximum atomic E-state index is 5.31. The zero-order valence-electron chi connectivity index (χ0n) is 14.9. The van der Waals surface area contributed by atoms with E-state index in [-0.39, 0.29) is 0 Å². The van der Waals surface area contributed by atoms with E-state index in [2.05, 4.69) is 24.8 Å². The topological polar surface area (TPSA) is 67.5 Å². The molecule has 2 aliphatic rings. The Hall–Kier alpha value is -2.15. The number of aromatic nitrogens is 3. The second kappa shape index (κ2) is 7.00. The zero-order chi connectivity index (χ0) is 17.2. The van der Waals surface area contributed by atoms with Gasteiger partial charge in [0.1, 0.15) is 17.9 Å². The lowest BCUT2D eigenvalue weighted by Crippen LogP contribution is -2.46. The molecule has 1 saturated heterocycles. The Balaban J connectivity index is 1.41. The fourth-order valence-electron chi connectivity index (χ4n) is 3.66. The fraction of sp³-hybridized carbons (Fsp3) is 0.611. The van der Waals surface area contributed by atoms with Gasteiger partial charge in [0.05, 0.1) is 12.8 Å². The van der Waals surface area contributed by atoms with Crippen LogP contribution in [0.3, 0.4) is 0 Å². The number of methoxy groups -OCH3 is 1. The van der Waals surface area contributed by atoms with Gasteiger partial charge in [-0.15, -0.1) is 0 Å². The molecule has 4 rings (SSSR count). The van der Waals surface area contributed by atoms with Gasteiger partial charge in [-0.1, -0.05) is 0 Å². The van der Waals surface area contributed by atoms with Gasteiger partial charge in [-0.2, -0.15) is 0 Å². The summed E-state index contributed by atoms with van der Waals surface area (Å²) in [5.74, 6) is 2.56. The van der Waals surface area contributed by atoms with Crippen LogP contribution in [0.15, 0.2) is 23.2 Å². The van der Waals surface area contributed by atoms with Gasteiger partial charge in [0.2, 0.25) is 5.88 Å². The Morgan fingerprint density at radius 1 is 1.16 bits per heavy atom. The molecule has 2 aromatic heterocycles. The molecule has 0 amide bonds. The Bertz CT molecular complexity index is 707. The van der Waals surface area contributed by atoms with Gasteiger partial charge < -0.3 is 14.1 Å². The molecular formula is C18H25N5O2. The number of oxazole rings is 1. The normalized spacial score (nSPS) is 19.1. The highest BCUT2D eigenvalue weighted by atomic mass is 16.5. The van der Waals surface area contributed by atoms with Crippen LogP contribution >= 0.6 is 0 Å². The number of hydrogen-bond donors (Lipinski definition) is 0. The van der Waals surface area contributed by atoms with Crippen molar-refractivity contribution in [3.8, 4) is 5.88 Å². The zero-order valence-corrected chi connectivity index (χ0v) is 14.9. The summed E-state index contributed by atoms with van der Waals surface area (Å²) in [6.07, 6.45) is 7.93. The molecule has 7 heteroatoms.